The summed E-state index contributed by atoms with van der Waals surface area (Å²) in [6.07, 6.45) is 15.1. The van der Waals surface area contributed by atoms with E-state index >= 15 is 0 Å². The minimum Gasteiger partial charge on any atom is -0.329 e. The van der Waals surface area contributed by atoms with E-state index < -0.39 is 0 Å². The van der Waals surface area contributed by atoms with Gasteiger partial charge in [0.25, 0.3) is 0 Å². The minimum absolute atomic E-state index is 0.569. The Morgan fingerprint density at radius 2 is 1.76 bits per heavy atom. The summed E-state index contributed by atoms with van der Waals surface area (Å²) in [5, 5.41) is 3.77. The molecule has 0 spiro atoms. The Bertz CT molecular complexity index is 164. The van der Waals surface area contributed by atoms with Crippen molar-refractivity contribution >= 4 is 0 Å². The lowest BCUT2D eigenvalue weighted by Gasteiger charge is -2.28. The maximum atomic E-state index is 5.87. The van der Waals surface area contributed by atoms with E-state index in [1.54, 1.807) is 0 Å². The third kappa shape index (κ3) is 7.05. The Balaban J connectivity index is 2.05. The first-order valence-corrected chi connectivity index (χ1v) is 7.83. The zero-order valence-electron chi connectivity index (χ0n) is 11.7. The lowest BCUT2D eigenvalue weighted by Crippen LogP contribution is -2.43. The Hall–Kier alpha value is -0.0800. The Kier molecular flexibility index (Phi) is 8.72. The third-order valence-electron chi connectivity index (χ3n) is 4.02. The lowest BCUT2D eigenvalue weighted by molar-refractivity contribution is 0.325. The fraction of sp³-hybridized carbons (Fsp3) is 1.00. The topological polar surface area (TPSA) is 38.0 Å². The molecule has 0 aromatic rings. The van der Waals surface area contributed by atoms with E-state index in [2.05, 4.69) is 12.2 Å². The molecular weight excluding hydrogens is 208 g/mol. The van der Waals surface area contributed by atoms with Crippen LogP contribution in [0.5, 0.6) is 0 Å². The molecule has 1 aliphatic rings. The van der Waals surface area contributed by atoms with Crippen molar-refractivity contribution < 1.29 is 0 Å². The minimum atomic E-state index is 0.569. The van der Waals surface area contributed by atoms with Gasteiger partial charge in [-0.05, 0) is 19.3 Å². The largest absolute Gasteiger partial charge is 0.329 e. The van der Waals surface area contributed by atoms with Crippen molar-refractivity contribution in [2.75, 3.05) is 6.54 Å². The van der Waals surface area contributed by atoms with Gasteiger partial charge >= 0.3 is 0 Å². The molecule has 0 amide bonds. The monoisotopic (exact) mass is 240 g/mol. The van der Waals surface area contributed by atoms with E-state index in [0.717, 1.165) is 12.6 Å². The Morgan fingerprint density at radius 1 is 1.06 bits per heavy atom. The summed E-state index contributed by atoms with van der Waals surface area (Å²) in [4.78, 5) is 0. The highest BCUT2D eigenvalue weighted by molar-refractivity contribution is 4.77. The van der Waals surface area contributed by atoms with Crippen LogP contribution in [0, 0.1) is 0 Å². The predicted octanol–water partition coefficient (Wildman–Crippen LogP) is 3.60. The van der Waals surface area contributed by atoms with Gasteiger partial charge in [-0.3, -0.25) is 0 Å². The molecule has 1 aliphatic carbocycles. The molecule has 17 heavy (non-hydrogen) atoms. The highest BCUT2D eigenvalue weighted by Gasteiger charge is 2.16. The summed E-state index contributed by atoms with van der Waals surface area (Å²) in [5.74, 6) is 0. The normalized spacial score (nSPS) is 19.4. The predicted molar refractivity (Wildman–Crippen MR) is 76.2 cm³/mol. The molecule has 2 nitrogen and oxygen atoms in total. The summed E-state index contributed by atoms with van der Waals surface area (Å²) in [5.41, 5.74) is 5.87. The molecule has 1 saturated carbocycles. The molecule has 1 atom stereocenters. The molecule has 0 bridgehead atoms. The fourth-order valence-electron chi connectivity index (χ4n) is 2.87. The molecule has 0 aromatic heterocycles. The van der Waals surface area contributed by atoms with Gasteiger partial charge in [0, 0.05) is 18.6 Å². The maximum absolute atomic E-state index is 5.87. The van der Waals surface area contributed by atoms with Gasteiger partial charge in [0.1, 0.15) is 0 Å². The number of unbranched alkanes of at least 4 members (excludes halogenated alkanes) is 4. The molecule has 102 valence electrons. The van der Waals surface area contributed by atoms with E-state index in [0.29, 0.717) is 6.04 Å². The van der Waals surface area contributed by atoms with Crippen LogP contribution < -0.4 is 11.1 Å². The second-order valence-corrected chi connectivity index (χ2v) is 5.64. The number of nitrogens with one attached hydrogen (secondary N) is 1. The first-order chi connectivity index (χ1) is 8.36. The first kappa shape index (κ1) is 15.0. The van der Waals surface area contributed by atoms with Crippen molar-refractivity contribution in [1.82, 2.24) is 5.32 Å². The van der Waals surface area contributed by atoms with E-state index in [4.69, 9.17) is 5.73 Å². The van der Waals surface area contributed by atoms with Gasteiger partial charge in [0.15, 0.2) is 0 Å². The highest BCUT2D eigenvalue weighted by Crippen LogP contribution is 2.18. The number of nitrogens with two attached hydrogens (primary N) is 1. The van der Waals surface area contributed by atoms with E-state index in [9.17, 15) is 0 Å². The summed E-state index contributed by atoms with van der Waals surface area (Å²) in [6, 6.07) is 1.33. The Morgan fingerprint density at radius 3 is 2.41 bits per heavy atom. The van der Waals surface area contributed by atoms with Crippen LogP contribution in [0.2, 0.25) is 0 Å². The molecule has 1 fully saturated rings. The zero-order chi connectivity index (χ0) is 12.3. The van der Waals surface area contributed by atoms with Gasteiger partial charge < -0.3 is 11.1 Å². The van der Waals surface area contributed by atoms with Gasteiger partial charge in [-0.1, -0.05) is 58.3 Å². The maximum Gasteiger partial charge on any atom is 0.0192 e. The van der Waals surface area contributed by atoms with Crippen LogP contribution in [0.4, 0.5) is 0 Å². The smallest absolute Gasteiger partial charge is 0.0192 e. The quantitative estimate of drug-likeness (QED) is 0.604. The molecular formula is C15H32N2. The standard InChI is InChI=1S/C15H32N2/c1-2-3-4-5-7-12-15(13-16)17-14-10-8-6-9-11-14/h14-15,17H,2-13,16H2,1H3. The molecule has 0 aliphatic heterocycles. The number of rotatable bonds is 9. The van der Waals surface area contributed by atoms with Crippen molar-refractivity contribution in [3.8, 4) is 0 Å². The van der Waals surface area contributed by atoms with Crippen molar-refractivity contribution in [3.63, 3.8) is 0 Å². The highest BCUT2D eigenvalue weighted by atomic mass is 15.0. The van der Waals surface area contributed by atoms with Crippen molar-refractivity contribution in [1.29, 1.82) is 0 Å². The molecule has 0 radical (unpaired) electrons. The SMILES string of the molecule is CCCCCCCC(CN)NC1CCCCC1. The van der Waals surface area contributed by atoms with Gasteiger partial charge in [-0.25, -0.2) is 0 Å². The molecule has 0 heterocycles. The second kappa shape index (κ2) is 9.90. The van der Waals surface area contributed by atoms with E-state index in [-0.39, 0.29) is 0 Å². The van der Waals surface area contributed by atoms with Crippen molar-refractivity contribution in [2.24, 2.45) is 5.73 Å². The summed E-state index contributed by atoms with van der Waals surface area (Å²) in [7, 11) is 0. The average Bonchev–Trinajstić information content (AvgIpc) is 2.38. The van der Waals surface area contributed by atoms with Crippen LogP contribution >= 0.6 is 0 Å². The molecule has 1 unspecified atom stereocenters. The van der Waals surface area contributed by atoms with Gasteiger partial charge in [0.2, 0.25) is 0 Å². The van der Waals surface area contributed by atoms with Crippen LogP contribution in [0.1, 0.15) is 77.6 Å². The van der Waals surface area contributed by atoms with Crippen LogP contribution in [-0.2, 0) is 0 Å². The second-order valence-electron chi connectivity index (χ2n) is 5.64. The van der Waals surface area contributed by atoms with E-state index in [1.807, 2.05) is 0 Å². The van der Waals surface area contributed by atoms with Crippen molar-refractivity contribution in [2.45, 2.75) is 89.6 Å². The van der Waals surface area contributed by atoms with E-state index in [1.165, 1.54) is 70.6 Å². The average molecular weight is 240 g/mol. The number of hydrogen-bond acceptors (Lipinski definition) is 2. The molecule has 0 saturated heterocycles. The van der Waals surface area contributed by atoms with Crippen LogP contribution in [0.15, 0.2) is 0 Å². The van der Waals surface area contributed by atoms with Gasteiger partial charge in [0.05, 0.1) is 0 Å². The molecule has 1 rings (SSSR count). The molecule has 3 N–H and O–H groups in total. The van der Waals surface area contributed by atoms with Crippen molar-refractivity contribution in [3.05, 3.63) is 0 Å². The summed E-state index contributed by atoms with van der Waals surface area (Å²) in [6.45, 7) is 3.08. The van der Waals surface area contributed by atoms with Crippen LogP contribution in [0.3, 0.4) is 0 Å². The number of hydrogen-bond donors (Lipinski definition) is 2. The van der Waals surface area contributed by atoms with Gasteiger partial charge in [-0.2, -0.15) is 0 Å². The molecule has 2 heteroatoms. The first-order valence-electron chi connectivity index (χ1n) is 7.83. The molecule has 0 aromatic carbocycles. The third-order valence-corrected chi connectivity index (χ3v) is 4.02. The zero-order valence-corrected chi connectivity index (χ0v) is 11.7. The fourth-order valence-corrected chi connectivity index (χ4v) is 2.87. The van der Waals surface area contributed by atoms with Crippen LogP contribution in [-0.4, -0.2) is 18.6 Å². The van der Waals surface area contributed by atoms with Gasteiger partial charge in [-0.15, -0.1) is 0 Å². The summed E-state index contributed by atoms with van der Waals surface area (Å²) < 4.78 is 0. The Labute approximate surface area is 108 Å². The summed E-state index contributed by atoms with van der Waals surface area (Å²) >= 11 is 0. The van der Waals surface area contributed by atoms with Crippen LogP contribution in [0.25, 0.3) is 0 Å². The lowest BCUT2D eigenvalue weighted by atomic mass is 9.94.